The molecule has 0 aromatic rings. The first-order valence-electron chi connectivity index (χ1n) is 29.1. The van der Waals surface area contributed by atoms with Crippen LogP contribution in [0.15, 0.2) is 48.6 Å². The molecule has 69 heavy (non-hydrogen) atoms. The Kier molecular flexibility index (Phi) is 53.7. The van der Waals surface area contributed by atoms with Crippen molar-refractivity contribution < 1.29 is 37.6 Å². The van der Waals surface area contributed by atoms with Gasteiger partial charge in [0.2, 0.25) is 0 Å². The molecule has 10 heteroatoms. The molecular formula is C59H110NO8P. The van der Waals surface area contributed by atoms with Gasteiger partial charge in [0.05, 0.1) is 13.2 Å². The summed E-state index contributed by atoms with van der Waals surface area (Å²) in [6.07, 6.45) is 67.4. The van der Waals surface area contributed by atoms with Gasteiger partial charge in [0.15, 0.2) is 6.10 Å². The van der Waals surface area contributed by atoms with Gasteiger partial charge in [0.25, 0.3) is 0 Å². The summed E-state index contributed by atoms with van der Waals surface area (Å²) in [5, 5.41) is 0. The maximum atomic E-state index is 12.7. The predicted octanol–water partition coefficient (Wildman–Crippen LogP) is 18.2. The topological polar surface area (TPSA) is 134 Å². The molecule has 0 heterocycles. The van der Waals surface area contributed by atoms with Crippen molar-refractivity contribution in [2.75, 3.05) is 26.4 Å². The van der Waals surface area contributed by atoms with Gasteiger partial charge in [-0.1, -0.05) is 268 Å². The summed E-state index contributed by atoms with van der Waals surface area (Å²) >= 11 is 0. The summed E-state index contributed by atoms with van der Waals surface area (Å²) in [4.78, 5) is 35.2. The van der Waals surface area contributed by atoms with Crippen LogP contribution in [0.2, 0.25) is 0 Å². The monoisotopic (exact) mass is 992 g/mol. The quantitative estimate of drug-likeness (QED) is 0.0264. The second-order valence-electron chi connectivity index (χ2n) is 19.5. The molecule has 2 atom stereocenters. The van der Waals surface area contributed by atoms with Crippen LogP contribution in [0, 0.1) is 0 Å². The highest BCUT2D eigenvalue weighted by Crippen LogP contribution is 2.43. The molecule has 0 aliphatic carbocycles. The summed E-state index contributed by atoms with van der Waals surface area (Å²) in [5.74, 6) is -0.812. The third kappa shape index (κ3) is 55.1. The van der Waals surface area contributed by atoms with Crippen molar-refractivity contribution in [3.8, 4) is 0 Å². The largest absolute Gasteiger partial charge is 0.472 e. The number of esters is 2. The summed E-state index contributed by atoms with van der Waals surface area (Å²) in [6.45, 7) is 3.68. The summed E-state index contributed by atoms with van der Waals surface area (Å²) in [6, 6.07) is 0. The Balaban J connectivity index is 3.89. The molecule has 0 aromatic heterocycles. The number of rotatable bonds is 55. The average Bonchev–Trinajstić information content (AvgIpc) is 3.34. The van der Waals surface area contributed by atoms with E-state index < -0.39 is 26.5 Å². The minimum absolute atomic E-state index is 0.0552. The van der Waals surface area contributed by atoms with Gasteiger partial charge in [0.1, 0.15) is 6.61 Å². The highest BCUT2D eigenvalue weighted by molar-refractivity contribution is 7.47. The molecule has 9 nitrogen and oxygen atoms in total. The van der Waals surface area contributed by atoms with Gasteiger partial charge < -0.3 is 20.1 Å². The fourth-order valence-electron chi connectivity index (χ4n) is 8.45. The maximum absolute atomic E-state index is 12.7. The lowest BCUT2D eigenvalue weighted by Gasteiger charge is -2.19. The summed E-state index contributed by atoms with van der Waals surface area (Å²) in [7, 11) is -4.38. The molecule has 0 rings (SSSR count). The lowest BCUT2D eigenvalue weighted by atomic mass is 10.0. The number of ether oxygens (including phenoxy) is 2. The van der Waals surface area contributed by atoms with Gasteiger partial charge in [-0.05, 0) is 51.4 Å². The van der Waals surface area contributed by atoms with Gasteiger partial charge in [-0.2, -0.15) is 0 Å². The van der Waals surface area contributed by atoms with Crippen LogP contribution in [-0.2, 0) is 32.7 Å². The smallest absolute Gasteiger partial charge is 0.462 e. The highest BCUT2D eigenvalue weighted by Gasteiger charge is 2.26. The van der Waals surface area contributed by atoms with E-state index in [1.165, 1.54) is 193 Å². The first-order valence-corrected chi connectivity index (χ1v) is 30.6. The van der Waals surface area contributed by atoms with E-state index in [1.54, 1.807) is 0 Å². The summed E-state index contributed by atoms with van der Waals surface area (Å²) in [5.41, 5.74) is 5.38. The first-order chi connectivity index (χ1) is 33.8. The van der Waals surface area contributed by atoms with E-state index in [0.29, 0.717) is 6.42 Å². The van der Waals surface area contributed by atoms with Crippen LogP contribution >= 0.6 is 7.82 Å². The van der Waals surface area contributed by atoms with Crippen molar-refractivity contribution in [2.45, 2.75) is 290 Å². The first kappa shape index (κ1) is 67.0. The number of unbranched alkanes of at least 4 members (excludes halogenated alkanes) is 34. The zero-order valence-electron chi connectivity index (χ0n) is 45.1. The van der Waals surface area contributed by atoms with Crippen molar-refractivity contribution in [1.29, 1.82) is 0 Å². The molecule has 0 spiro atoms. The second kappa shape index (κ2) is 55.3. The van der Waals surface area contributed by atoms with Crippen LogP contribution < -0.4 is 5.73 Å². The fourth-order valence-corrected chi connectivity index (χ4v) is 9.22. The van der Waals surface area contributed by atoms with Crippen LogP contribution in [0.5, 0.6) is 0 Å². The number of phosphoric acid groups is 1. The van der Waals surface area contributed by atoms with Crippen LogP contribution in [0.1, 0.15) is 284 Å². The van der Waals surface area contributed by atoms with Crippen LogP contribution in [0.25, 0.3) is 0 Å². The van der Waals surface area contributed by atoms with Gasteiger partial charge >= 0.3 is 19.8 Å². The zero-order valence-corrected chi connectivity index (χ0v) is 45.9. The SMILES string of the molecule is CC/C=C\C/C=C\C/C=C\C/C=C\CCCCCCCCCCCCCCCCCCCCC(=O)OC(COC(=O)CCCCCCCCCCCCCCCCCCC)COP(=O)(O)OCCN. The lowest BCUT2D eigenvalue weighted by Crippen LogP contribution is -2.29. The Morgan fingerprint density at radius 2 is 0.797 bits per heavy atom. The molecule has 0 saturated carbocycles. The van der Waals surface area contributed by atoms with E-state index >= 15 is 0 Å². The maximum Gasteiger partial charge on any atom is 0.472 e. The third-order valence-corrected chi connectivity index (χ3v) is 13.7. The van der Waals surface area contributed by atoms with Gasteiger partial charge in [-0.15, -0.1) is 0 Å². The molecule has 0 aliphatic rings. The van der Waals surface area contributed by atoms with Crippen LogP contribution in [0.4, 0.5) is 0 Å². The van der Waals surface area contributed by atoms with E-state index in [0.717, 1.165) is 57.8 Å². The normalized spacial score (nSPS) is 13.4. The van der Waals surface area contributed by atoms with Crippen LogP contribution in [0.3, 0.4) is 0 Å². The predicted molar refractivity (Wildman–Crippen MR) is 293 cm³/mol. The number of nitrogens with two attached hydrogens (primary N) is 1. The van der Waals surface area contributed by atoms with Crippen molar-refractivity contribution in [2.24, 2.45) is 5.73 Å². The van der Waals surface area contributed by atoms with Gasteiger partial charge in [-0.3, -0.25) is 18.6 Å². The molecule has 0 aliphatic heterocycles. The molecule has 0 fully saturated rings. The Bertz CT molecular complexity index is 1270. The minimum atomic E-state index is -4.38. The van der Waals surface area contributed by atoms with E-state index in [9.17, 15) is 19.0 Å². The standard InChI is InChI=1S/C59H110NO8P/c1-3-5-7-9-11-13-15-17-19-21-22-23-24-25-26-27-28-29-30-31-32-33-34-36-38-40-42-44-46-48-50-52-59(62)68-57(56-67-69(63,64)66-54-53-60)55-65-58(61)51-49-47-45-43-41-39-37-35-20-18-16-14-12-10-8-6-4-2/h5,7,11,13,17,19,22-23,57H,3-4,6,8-10,12,14-16,18,20-21,24-56,60H2,1-2H3,(H,63,64)/b7-5-,13-11-,19-17-,23-22-. The number of phosphoric ester groups is 1. The van der Waals surface area contributed by atoms with Crippen LogP contribution in [-0.4, -0.2) is 49.3 Å². The van der Waals surface area contributed by atoms with Crippen molar-refractivity contribution >= 4 is 19.8 Å². The Hall–Kier alpha value is -2.03. The molecule has 0 bridgehead atoms. The fraction of sp³-hybridized carbons (Fsp3) is 0.831. The minimum Gasteiger partial charge on any atom is -0.462 e. The summed E-state index contributed by atoms with van der Waals surface area (Å²) < 4.78 is 33.0. The zero-order chi connectivity index (χ0) is 50.2. The van der Waals surface area contributed by atoms with E-state index in [2.05, 4.69) is 62.5 Å². The molecule has 0 saturated heterocycles. The van der Waals surface area contributed by atoms with E-state index in [4.69, 9.17) is 24.3 Å². The molecular weight excluding hydrogens is 882 g/mol. The highest BCUT2D eigenvalue weighted by atomic mass is 31.2. The van der Waals surface area contributed by atoms with E-state index in [-0.39, 0.29) is 38.6 Å². The average molecular weight is 993 g/mol. The molecule has 0 aromatic carbocycles. The number of allylic oxidation sites excluding steroid dienone is 8. The molecule has 2 unspecified atom stereocenters. The number of hydrogen-bond donors (Lipinski definition) is 2. The number of hydrogen-bond acceptors (Lipinski definition) is 8. The number of carbonyl (C=O) groups is 2. The Morgan fingerprint density at radius 1 is 0.449 bits per heavy atom. The van der Waals surface area contributed by atoms with Crippen molar-refractivity contribution in [1.82, 2.24) is 0 Å². The Morgan fingerprint density at radius 3 is 1.19 bits per heavy atom. The lowest BCUT2D eigenvalue weighted by molar-refractivity contribution is -0.161. The molecule has 0 radical (unpaired) electrons. The Labute approximate surface area is 426 Å². The molecule has 404 valence electrons. The molecule has 0 amide bonds. The van der Waals surface area contributed by atoms with Gasteiger partial charge in [-0.25, -0.2) is 4.57 Å². The third-order valence-electron chi connectivity index (χ3n) is 12.7. The number of carbonyl (C=O) groups excluding carboxylic acids is 2. The van der Waals surface area contributed by atoms with E-state index in [1.807, 2.05) is 0 Å². The van der Waals surface area contributed by atoms with Crippen molar-refractivity contribution in [3.05, 3.63) is 48.6 Å². The van der Waals surface area contributed by atoms with Crippen molar-refractivity contribution in [3.63, 3.8) is 0 Å². The molecule has 3 N–H and O–H groups in total. The second-order valence-corrected chi connectivity index (χ2v) is 20.9. The van der Waals surface area contributed by atoms with Gasteiger partial charge in [0, 0.05) is 19.4 Å².